The molecule has 1 heterocycles. The van der Waals surface area contributed by atoms with Crippen LogP contribution in [-0.2, 0) is 14.3 Å². The molecule has 3 atom stereocenters. The molecule has 4 heteroatoms. The highest BCUT2D eigenvalue weighted by molar-refractivity contribution is 5.81. The Hall–Kier alpha value is -0.870. The van der Waals surface area contributed by atoms with Crippen molar-refractivity contribution in [1.82, 2.24) is 4.90 Å². The summed E-state index contributed by atoms with van der Waals surface area (Å²) in [4.78, 5) is 14.4. The van der Waals surface area contributed by atoms with Gasteiger partial charge in [-0.05, 0) is 19.8 Å². The Morgan fingerprint density at radius 2 is 1.78 bits per heavy atom. The largest absolute Gasteiger partial charge is 0.383 e. The predicted molar refractivity (Wildman–Crippen MR) is 71.4 cm³/mol. The van der Waals surface area contributed by atoms with Gasteiger partial charge in [-0.25, -0.2) is 0 Å². The standard InChI is InChI=1S/C14H25NO3/c1-5-6-11(2)14(16)15-12(9-17-3)7-8-13(15)10-18-4/h5-6,11-13H,7-10H2,1-4H3/b6-5-/t11-,12+,13+/m0/s1. The van der Waals surface area contributed by atoms with Gasteiger partial charge in [0.2, 0.25) is 5.91 Å². The van der Waals surface area contributed by atoms with Crippen molar-refractivity contribution >= 4 is 5.91 Å². The van der Waals surface area contributed by atoms with Gasteiger partial charge < -0.3 is 14.4 Å². The summed E-state index contributed by atoms with van der Waals surface area (Å²) in [6, 6.07) is 0.380. The molecule has 1 rings (SSSR count). The van der Waals surface area contributed by atoms with Gasteiger partial charge in [-0.15, -0.1) is 0 Å². The Morgan fingerprint density at radius 1 is 1.28 bits per heavy atom. The maximum Gasteiger partial charge on any atom is 0.229 e. The molecular weight excluding hydrogens is 230 g/mol. The summed E-state index contributed by atoms with van der Waals surface area (Å²) >= 11 is 0. The smallest absolute Gasteiger partial charge is 0.229 e. The summed E-state index contributed by atoms with van der Waals surface area (Å²) < 4.78 is 10.4. The number of hydrogen-bond acceptors (Lipinski definition) is 3. The second-order valence-corrected chi connectivity index (χ2v) is 4.86. The number of hydrogen-bond donors (Lipinski definition) is 0. The number of allylic oxidation sites excluding steroid dienone is 1. The van der Waals surface area contributed by atoms with E-state index in [0.29, 0.717) is 13.2 Å². The second kappa shape index (κ2) is 7.54. The van der Waals surface area contributed by atoms with E-state index in [0.717, 1.165) is 12.8 Å². The van der Waals surface area contributed by atoms with E-state index in [-0.39, 0.29) is 23.9 Å². The highest BCUT2D eigenvalue weighted by Gasteiger charge is 2.37. The molecule has 1 fully saturated rings. The van der Waals surface area contributed by atoms with Crippen LogP contribution in [0.15, 0.2) is 12.2 Å². The predicted octanol–water partition coefficient (Wildman–Crippen LogP) is 1.85. The van der Waals surface area contributed by atoms with Crippen LogP contribution in [0.4, 0.5) is 0 Å². The van der Waals surface area contributed by atoms with Crippen LogP contribution in [0.3, 0.4) is 0 Å². The molecule has 0 aromatic carbocycles. The molecule has 18 heavy (non-hydrogen) atoms. The zero-order valence-electron chi connectivity index (χ0n) is 11.9. The van der Waals surface area contributed by atoms with Gasteiger partial charge >= 0.3 is 0 Å². The molecule has 0 unspecified atom stereocenters. The maximum atomic E-state index is 12.5. The fourth-order valence-electron chi connectivity index (χ4n) is 2.64. The average Bonchev–Trinajstić information content (AvgIpc) is 2.73. The van der Waals surface area contributed by atoms with Crippen molar-refractivity contribution in [3.05, 3.63) is 12.2 Å². The van der Waals surface area contributed by atoms with Gasteiger partial charge in [0.1, 0.15) is 0 Å². The topological polar surface area (TPSA) is 38.8 Å². The van der Waals surface area contributed by atoms with Gasteiger partial charge in [0, 0.05) is 14.2 Å². The Morgan fingerprint density at radius 3 is 2.17 bits per heavy atom. The minimum atomic E-state index is -0.0770. The van der Waals surface area contributed by atoms with Crippen molar-refractivity contribution in [2.75, 3.05) is 27.4 Å². The molecule has 0 aliphatic carbocycles. The molecule has 1 aliphatic heterocycles. The molecule has 0 aromatic rings. The van der Waals surface area contributed by atoms with Gasteiger partial charge in [-0.3, -0.25) is 4.79 Å². The number of amides is 1. The van der Waals surface area contributed by atoms with Crippen LogP contribution < -0.4 is 0 Å². The molecular formula is C14H25NO3. The summed E-state index contributed by atoms with van der Waals surface area (Å²) in [7, 11) is 3.36. The van der Waals surface area contributed by atoms with Crippen molar-refractivity contribution in [3.8, 4) is 0 Å². The van der Waals surface area contributed by atoms with Crippen LogP contribution in [-0.4, -0.2) is 50.3 Å². The lowest BCUT2D eigenvalue weighted by molar-refractivity contribution is -0.138. The highest BCUT2D eigenvalue weighted by atomic mass is 16.5. The van der Waals surface area contributed by atoms with Crippen molar-refractivity contribution in [2.24, 2.45) is 5.92 Å². The first-order valence-corrected chi connectivity index (χ1v) is 6.58. The third-order valence-corrected chi connectivity index (χ3v) is 3.46. The molecule has 0 saturated carbocycles. The fourth-order valence-corrected chi connectivity index (χ4v) is 2.64. The SMILES string of the molecule is C/C=C\[C@H](C)C(=O)N1[C@@H](COC)CC[C@@H]1COC. The lowest BCUT2D eigenvalue weighted by Gasteiger charge is -2.31. The first-order chi connectivity index (χ1) is 8.65. The molecule has 104 valence electrons. The summed E-state index contributed by atoms with van der Waals surface area (Å²) in [6.45, 7) is 5.09. The Balaban J connectivity index is 2.78. The average molecular weight is 255 g/mol. The number of ether oxygens (including phenoxy) is 2. The third kappa shape index (κ3) is 3.56. The van der Waals surface area contributed by atoms with Crippen molar-refractivity contribution in [1.29, 1.82) is 0 Å². The Labute approximate surface area is 110 Å². The molecule has 0 spiro atoms. The molecule has 1 aliphatic rings. The van der Waals surface area contributed by atoms with Crippen LogP contribution in [0.5, 0.6) is 0 Å². The number of methoxy groups -OCH3 is 2. The fraction of sp³-hybridized carbons (Fsp3) is 0.786. The van der Waals surface area contributed by atoms with E-state index in [4.69, 9.17) is 9.47 Å². The third-order valence-electron chi connectivity index (χ3n) is 3.46. The van der Waals surface area contributed by atoms with Gasteiger partial charge in [-0.2, -0.15) is 0 Å². The molecule has 4 nitrogen and oxygen atoms in total. The summed E-state index contributed by atoms with van der Waals surface area (Å²) in [5.41, 5.74) is 0. The Bertz CT molecular complexity index is 277. The summed E-state index contributed by atoms with van der Waals surface area (Å²) in [6.07, 6.45) is 5.86. The summed E-state index contributed by atoms with van der Waals surface area (Å²) in [5, 5.41) is 0. The number of nitrogens with zero attached hydrogens (tertiary/aromatic N) is 1. The molecule has 1 amide bonds. The van der Waals surface area contributed by atoms with E-state index >= 15 is 0 Å². The minimum absolute atomic E-state index is 0.0770. The van der Waals surface area contributed by atoms with Gasteiger partial charge in [0.25, 0.3) is 0 Å². The van der Waals surface area contributed by atoms with Gasteiger partial charge in [-0.1, -0.05) is 19.1 Å². The van der Waals surface area contributed by atoms with Crippen LogP contribution in [0, 0.1) is 5.92 Å². The van der Waals surface area contributed by atoms with E-state index < -0.39 is 0 Å². The van der Waals surface area contributed by atoms with E-state index in [2.05, 4.69) is 0 Å². The second-order valence-electron chi connectivity index (χ2n) is 4.86. The first-order valence-electron chi connectivity index (χ1n) is 6.58. The quantitative estimate of drug-likeness (QED) is 0.680. The molecule has 1 saturated heterocycles. The van der Waals surface area contributed by atoms with Crippen LogP contribution in [0.25, 0.3) is 0 Å². The van der Waals surface area contributed by atoms with Crippen molar-refractivity contribution in [3.63, 3.8) is 0 Å². The van der Waals surface area contributed by atoms with E-state index in [1.807, 2.05) is 30.9 Å². The van der Waals surface area contributed by atoms with E-state index in [1.54, 1.807) is 14.2 Å². The lowest BCUT2D eigenvalue weighted by Crippen LogP contribution is -2.46. The van der Waals surface area contributed by atoms with Crippen molar-refractivity contribution in [2.45, 2.75) is 38.8 Å². The van der Waals surface area contributed by atoms with Crippen molar-refractivity contribution < 1.29 is 14.3 Å². The molecule has 0 radical (unpaired) electrons. The number of likely N-dealkylation sites (tertiary alicyclic amines) is 1. The normalized spacial score (nSPS) is 25.9. The number of carbonyl (C=O) groups excluding carboxylic acids is 1. The maximum absolute atomic E-state index is 12.5. The lowest BCUT2D eigenvalue weighted by atomic mass is 10.1. The minimum Gasteiger partial charge on any atom is -0.383 e. The van der Waals surface area contributed by atoms with E-state index in [1.165, 1.54) is 0 Å². The van der Waals surface area contributed by atoms with Crippen LogP contribution in [0.2, 0.25) is 0 Å². The van der Waals surface area contributed by atoms with Crippen LogP contribution in [0.1, 0.15) is 26.7 Å². The van der Waals surface area contributed by atoms with Crippen LogP contribution >= 0.6 is 0 Å². The van der Waals surface area contributed by atoms with Gasteiger partial charge in [0.15, 0.2) is 0 Å². The van der Waals surface area contributed by atoms with E-state index in [9.17, 15) is 4.79 Å². The summed E-state index contributed by atoms with van der Waals surface area (Å²) in [5.74, 6) is 0.0986. The Kier molecular flexibility index (Phi) is 6.36. The zero-order valence-corrected chi connectivity index (χ0v) is 11.9. The monoisotopic (exact) mass is 255 g/mol. The number of rotatable bonds is 6. The zero-order chi connectivity index (χ0) is 13.5. The van der Waals surface area contributed by atoms with Gasteiger partial charge in [0.05, 0.1) is 31.2 Å². The number of carbonyl (C=O) groups is 1. The first kappa shape index (κ1) is 15.2. The highest BCUT2D eigenvalue weighted by Crippen LogP contribution is 2.26. The molecule has 0 aromatic heterocycles. The molecule has 0 bridgehead atoms. The molecule has 0 N–H and O–H groups in total.